The molecule has 0 radical (unpaired) electrons. The van der Waals surface area contributed by atoms with Crippen molar-refractivity contribution < 1.29 is 9.59 Å². The first-order chi connectivity index (χ1) is 14.0. The van der Waals surface area contributed by atoms with Gasteiger partial charge in [-0.25, -0.2) is 0 Å². The minimum absolute atomic E-state index is 0.0306. The third-order valence-electron chi connectivity index (χ3n) is 5.41. The third-order valence-corrected chi connectivity index (χ3v) is 5.41. The lowest BCUT2D eigenvalue weighted by Crippen LogP contribution is -2.35. The van der Waals surface area contributed by atoms with Crippen LogP contribution in [0.3, 0.4) is 0 Å². The summed E-state index contributed by atoms with van der Waals surface area (Å²) in [4.78, 5) is 34.1. The fourth-order valence-electron chi connectivity index (χ4n) is 3.92. The summed E-state index contributed by atoms with van der Waals surface area (Å²) in [7, 11) is 0. The maximum absolute atomic E-state index is 13.3. The Morgan fingerprint density at radius 3 is 2.66 bits per heavy atom. The number of pyridine rings is 1. The zero-order valence-corrected chi connectivity index (χ0v) is 16.9. The van der Waals surface area contributed by atoms with Crippen LogP contribution in [0.4, 0.5) is 0 Å². The molecular weight excluding hydrogens is 362 g/mol. The van der Waals surface area contributed by atoms with Gasteiger partial charge in [-0.05, 0) is 31.5 Å². The highest BCUT2D eigenvalue weighted by Gasteiger charge is 2.25. The van der Waals surface area contributed by atoms with Crippen molar-refractivity contribution in [2.24, 2.45) is 0 Å². The highest BCUT2D eigenvalue weighted by Crippen LogP contribution is 2.21. The number of nitrogens with zero attached hydrogens (tertiary/aromatic N) is 3. The van der Waals surface area contributed by atoms with E-state index in [1.165, 1.54) is 5.56 Å². The average Bonchev–Trinajstić information content (AvgIpc) is 2.89. The quantitative estimate of drug-likeness (QED) is 0.688. The number of hydrogen-bond acceptors (Lipinski definition) is 3. The van der Waals surface area contributed by atoms with Crippen LogP contribution in [0.1, 0.15) is 33.6 Å². The van der Waals surface area contributed by atoms with Crippen LogP contribution in [0.15, 0.2) is 54.6 Å². The van der Waals surface area contributed by atoms with Gasteiger partial charge in [0.1, 0.15) is 0 Å². The zero-order valence-electron chi connectivity index (χ0n) is 16.9. The maximum atomic E-state index is 13.3. The molecule has 1 aromatic heterocycles. The molecule has 5 nitrogen and oxygen atoms in total. The molecule has 1 saturated heterocycles. The number of hydrogen-bond donors (Lipinski definition) is 0. The molecule has 0 saturated carbocycles. The Morgan fingerprint density at radius 2 is 1.83 bits per heavy atom. The van der Waals surface area contributed by atoms with Gasteiger partial charge in [0, 0.05) is 43.7 Å². The van der Waals surface area contributed by atoms with Crippen LogP contribution in [0.2, 0.25) is 0 Å². The van der Waals surface area contributed by atoms with Gasteiger partial charge in [0.2, 0.25) is 5.91 Å². The second-order valence-electron chi connectivity index (χ2n) is 7.67. The number of amides is 2. The Morgan fingerprint density at radius 1 is 1.00 bits per heavy atom. The molecule has 5 heteroatoms. The predicted octanol–water partition coefficient (Wildman–Crippen LogP) is 3.73. The topological polar surface area (TPSA) is 53.5 Å². The zero-order chi connectivity index (χ0) is 20.4. The second-order valence-corrected chi connectivity index (χ2v) is 7.67. The van der Waals surface area contributed by atoms with Crippen LogP contribution in [0.25, 0.3) is 10.9 Å². The summed E-state index contributed by atoms with van der Waals surface area (Å²) in [6.07, 6.45) is 0.347. The van der Waals surface area contributed by atoms with Crippen molar-refractivity contribution in [2.75, 3.05) is 19.6 Å². The van der Waals surface area contributed by atoms with Gasteiger partial charge in [-0.3, -0.25) is 14.6 Å². The minimum atomic E-state index is -0.0306. The summed E-state index contributed by atoms with van der Waals surface area (Å²) in [5.41, 5.74) is 4.60. The van der Waals surface area contributed by atoms with Gasteiger partial charge in [0.25, 0.3) is 5.91 Å². The normalized spacial score (nSPS) is 14.9. The fraction of sp³-hybridized carbons (Fsp3) is 0.292. The maximum Gasteiger partial charge on any atom is 0.254 e. The van der Waals surface area contributed by atoms with Crippen LogP contribution < -0.4 is 0 Å². The largest absolute Gasteiger partial charge is 0.337 e. The van der Waals surface area contributed by atoms with Crippen molar-refractivity contribution in [3.8, 4) is 0 Å². The lowest BCUT2D eigenvalue weighted by molar-refractivity contribution is -0.130. The van der Waals surface area contributed by atoms with Gasteiger partial charge in [-0.1, -0.05) is 48.0 Å². The highest BCUT2D eigenvalue weighted by molar-refractivity contribution is 6.06. The molecule has 4 rings (SSSR count). The number of rotatable bonds is 3. The molecule has 3 aromatic rings. The van der Waals surface area contributed by atoms with E-state index < -0.39 is 0 Å². The van der Waals surface area contributed by atoms with E-state index in [1.54, 1.807) is 4.90 Å². The molecule has 0 unspecified atom stereocenters. The Bertz CT molecular complexity index is 1080. The number of aromatic nitrogens is 1. The van der Waals surface area contributed by atoms with Gasteiger partial charge in [-0.2, -0.15) is 0 Å². The van der Waals surface area contributed by atoms with Crippen molar-refractivity contribution in [2.45, 2.75) is 26.8 Å². The first-order valence-electron chi connectivity index (χ1n) is 10.0. The monoisotopic (exact) mass is 387 g/mol. The smallest absolute Gasteiger partial charge is 0.254 e. The van der Waals surface area contributed by atoms with Gasteiger partial charge < -0.3 is 9.80 Å². The summed E-state index contributed by atoms with van der Waals surface area (Å²) >= 11 is 0. The highest BCUT2D eigenvalue weighted by atomic mass is 16.2. The lowest BCUT2D eigenvalue weighted by atomic mass is 10.1. The molecule has 2 aromatic carbocycles. The molecule has 0 bridgehead atoms. The van der Waals surface area contributed by atoms with Crippen molar-refractivity contribution in [3.63, 3.8) is 0 Å². The van der Waals surface area contributed by atoms with Crippen molar-refractivity contribution in [1.82, 2.24) is 14.8 Å². The standard InChI is InChI=1S/C24H25N3O2/c1-17-6-5-7-19(14-17)16-27-13-12-26(11-10-23(27)28)24(29)21-15-18(2)25-22-9-4-3-8-20(21)22/h3-9,14-15H,10-13,16H2,1-2H3. The molecule has 1 aliphatic heterocycles. The Balaban J connectivity index is 1.54. The fourth-order valence-corrected chi connectivity index (χ4v) is 3.92. The van der Waals surface area contributed by atoms with E-state index in [4.69, 9.17) is 0 Å². The predicted molar refractivity (Wildman–Crippen MR) is 114 cm³/mol. The number of carbonyl (C=O) groups is 2. The minimum Gasteiger partial charge on any atom is -0.337 e. The number of fused-ring (bicyclic) bond motifs is 1. The van der Waals surface area contributed by atoms with Crippen molar-refractivity contribution in [3.05, 3.63) is 77.0 Å². The molecule has 2 heterocycles. The molecule has 0 spiro atoms. The van der Waals surface area contributed by atoms with Crippen molar-refractivity contribution >= 4 is 22.7 Å². The second kappa shape index (κ2) is 8.03. The molecule has 29 heavy (non-hydrogen) atoms. The van der Waals surface area contributed by atoms with E-state index >= 15 is 0 Å². The summed E-state index contributed by atoms with van der Waals surface area (Å²) in [6.45, 7) is 6.05. The van der Waals surface area contributed by atoms with Crippen LogP contribution >= 0.6 is 0 Å². The number of benzene rings is 2. The Kier molecular flexibility index (Phi) is 5.30. The molecule has 2 amide bonds. The summed E-state index contributed by atoms with van der Waals surface area (Å²) in [6, 6.07) is 17.8. The lowest BCUT2D eigenvalue weighted by Gasteiger charge is -2.23. The molecular formula is C24H25N3O2. The van der Waals surface area contributed by atoms with Crippen molar-refractivity contribution in [1.29, 1.82) is 0 Å². The Hall–Kier alpha value is -3.21. The number of aryl methyl sites for hydroxylation is 2. The average molecular weight is 387 g/mol. The van der Waals surface area contributed by atoms with Crippen LogP contribution in [0, 0.1) is 13.8 Å². The van der Waals surface area contributed by atoms with E-state index in [2.05, 4.69) is 24.0 Å². The van der Waals surface area contributed by atoms with Gasteiger partial charge >= 0.3 is 0 Å². The van der Waals surface area contributed by atoms with Gasteiger partial charge in [-0.15, -0.1) is 0 Å². The summed E-state index contributed by atoms with van der Waals surface area (Å²) in [5.74, 6) is 0.0643. The third kappa shape index (κ3) is 4.14. The van der Waals surface area contributed by atoms with Gasteiger partial charge in [0.15, 0.2) is 0 Å². The number of para-hydroxylation sites is 1. The van der Waals surface area contributed by atoms with E-state index in [0.29, 0.717) is 38.2 Å². The first-order valence-corrected chi connectivity index (χ1v) is 10.0. The summed E-state index contributed by atoms with van der Waals surface area (Å²) in [5, 5.41) is 0.857. The van der Waals surface area contributed by atoms with E-state index in [1.807, 2.05) is 54.3 Å². The van der Waals surface area contributed by atoms with Crippen LogP contribution in [-0.2, 0) is 11.3 Å². The molecule has 0 N–H and O–H groups in total. The molecule has 1 aliphatic rings. The summed E-state index contributed by atoms with van der Waals surface area (Å²) < 4.78 is 0. The molecule has 148 valence electrons. The van der Waals surface area contributed by atoms with Gasteiger partial charge in [0.05, 0.1) is 11.1 Å². The molecule has 1 fully saturated rings. The molecule has 0 atom stereocenters. The van der Waals surface area contributed by atoms with Crippen LogP contribution in [-0.4, -0.2) is 46.2 Å². The Labute approximate surface area is 171 Å². The van der Waals surface area contributed by atoms with E-state index in [9.17, 15) is 9.59 Å². The van der Waals surface area contributed by atoms with Crippen LogP contribution in [0.5, 0.6) is 0 Å². The number of carbonyl (C=O) groups excluding carboxylic acids is 2. The van der Waals surface area contributed by atoms with E-state index in [-0.39, 0.29) is 11.8 Å². The molecule has 0 aliphatic carbocycles. The van der Waals surface area contributed by atoms with E-state index in [0.717, 1.165) is 22.2 Å². The first kappa shape index (κ1) is 19.1. The SMILES string of the molecule is Cc1cccc(CN2CCN(C(=O)c3cc(C)nc4ccccc34)CCC2=O)c1.